The molecule has 3 N–H and O–H groups in total. The highest BCUT2D eigenvalue weighted by atomic mass is 16.6. The van der Waals surface area contributed by atoms with Crippen LogP contribution in [0, 0.1) is 11.3 Å². The lowest BCUT2D eigenvalue weighted by Crippen LogP contribution is -2.59. The van der Waals surface area contributed by atoms with Gasteiger partial charge in [0, 0.05) is 6.42 Å². The molecule has 3 aliphatic rings. The van der Waals surface area contributed by atoms with E-state index in [0.717, 1.165) is 42.0 Å². The summed E-state index contributed by atoms with van der Waals surface area (Å²) in [7, 11) is 0. The molecule has 11 nitrogen and oxygen atoms in total. The molecule has 3 amide bonds. The number of carbonyl (C=O) groups excluding carboxylic acids is 3. The van der Waals surface area contributed by atoms with Crippen molar-refractivity contribution in [1.29, 1.82) is 0 Å². The molecule has 0 aromatic heterocycles. The average molecular weight is 633 g/mol. The molecular formula is C35H44N4O7. The summed E-state index contributed by atoms with van der Waals surface area (Å²) in [4.78, 5) is 60.2. The number of amides is 3. The van der Waals surface area contributed by atoms with E-state index in [4.69, 9.17) is 9.57 Å². The number of aliphatic carboxylic acids is 1. The number of allylic oxidation sites excluding steroid dienone is 1. The van der Waals surface area contributed by atoms with Crippen LogP contribution in [-0.2, 0) is 24.0 Å². The van der Waals surface area contributed by atoms with Crippen molar-refractivity contribution < 1.29 is 33.9 Å². The maximum Gasteiger partial charge on any atom is 0.408 e. The number of fused-ring (bicyclic) bond motifs is 1. The standard InChI is InChI=1S/C35H44N4O7/c1-5-10-25-19-35(25,32(42)43)38-30(40)28-18-27(46-36-20-22-15-16-23-11-6-7-12-24(23)17-22)21-39(28)31(41)29(34(2,3)4)37-33(44)45-26-13-8-9-14-26/h5-7,11-12,15-17,20,25-29H,1,8-10,13-14,18-19,21H2,2-4H3,(H,37,44)(H,38,40)(H,42,43)/b36-20+/t25-,27-,28+,29-,35-/m1/s1. The van der Waals surface area contributed by atoms with E-state index >= 15 is 0 Å². The molecule has 1 heterocycles. The number of hydrogen-bond donors (Lipinski definition) is 3. The van der Waals surface area contributed by atoms with Gasteiger partial charge in [-0.05, 0) is 72.3 Å². The van der Waals surface area contributed by atoms with Crippen LogP contribution in [-0.4, -0.2) is 76.5 Å². The second-order valence-electron chi connectivity index (χ2n) is 13.8. The number of alkyl carbamates (subject to hydrolysis) is 1. The fraction of sp³-hybridized carbons (Fsp3) is 0.514. The zero-order valence-electron chi connectivity index (χ0n) is 26.7. The third-order valence-electron chi connectivity index (χ3n) is 9.27. The van der Waals surface area contributed by atoms with Crippen molar-refractivity contribution in [2.45, 2.75) is 95.5 Å². The maximum absolute atomic E-state index is 14.2. The highest BCUT2D eigenvalue weighted by Gasteiger charge is 2.62. The molecule has 246 valence electrons. The first kappa shape index (κ1) is 33.0. The van der Waals surface area contributed by atoms with Crippen LogP contribution >= 0.6 is 0 Å². The van der Waals surface area contributed by atoms with Crippen molar-refractivity contribution in [3.05, 3.63) is 60.7 Å². The van der Waals surface area contributed by atoms with Crippen molar-refractivity contribution in [2.24, 2.45) is 16.5 Å². The van der Waals surface area contributed by atoms with Crippen LogP contribution in [0.4, 0.5) is 4.79 Å². The van der Waals surface area contributed by atoms with E-state index in [1.807, 2.05) is 63.2 Å². The molecule has 0 spiro atoms. The fourth-order valence-electron chi connectivity index (χ4n) is 6.54. The number of carboxylic acid groups (broad SMARTS) is 1. The van der Waals surface area contributed by atoms with Crippen LogP contribution in [0.1, 0.15) is 71.3 Å². The van der Waals surface area contributed by atoms with Crippen LogP contribution in [0.5, 0.6) is 0 Å². The summed E-state index contributed by atoms with van der Waals surface area (Å²) < 4.78 is 5.59. The highest BCUT2D eigenvalue weighted by Crippen LogP contribution is 2.46. The number of nitrogens with zero attached hydrogens (tertiary/aromatic N) is 2. The van der Waals surface area contributed by atoms with Crippen LogP contribution in [0.15, 0.2) is 60.3 Å². The summed E-state index contributed by atoms with van der Waals surface area (Å²) in [5.74, 6) is -2.48. The zero-order chi connectivity index (χ0) is 33.1. The minimum atomic E-state index is -1.42. The average Bonchev–Trinajstić information content (AvgIpc) is 3.32. The predicted molar refractivity (Wildman–Crippen MR) is 173 cm³/mol. The Balaban J connectivity index is 1.34. The summed E-state index contributed by atoms with van der Waals surface area (Å²) in [5.41, 5.74) is -1.32. The summed E-state index contributed by atoms with van der Waals surface area (Å²) in [6.07, 6.45) is 6.05. The van der Waals surface area contributed by atoms with Crippen LogP contribution in [0.3, 0.4) is 0 Å². The minimum absolute atomic E-state index is 0.0219. The van der Waals surface area contributed by atoms with Gasteiger partial charge in [0.15, 0.2) is 0 Å². The van der Waals surface area contributed by atoms with Gasteiger partial charge in [0.1, 0.15) is 29.8 Å². The number of carbonyl (C=O) groups is 4. The van der Waals surface area contributed by atoms with E-state index in [9.17, 15) is 24.3 Å². The van der Waals surface area contributed by atoms with Crippen LogP contribution < -0.4 is 10.6 Å². The molecule has 1 aliphatic heterocycles. The van der Waals surface area contributed by atoms with Crippen molar-refractivity contribution in [3.8, 4) is 0 Å². The molecule has 0 unspecified atom stereocenters. The molecule has 0 bridgehead atoms. The first-order valence-corrected chi connectivity index (χ1v) is 16.0. The number of rotatable bonds is 11. The molecule has 1 saturated heterocycles. The van der Waals surface area contributed by atoms with Crippen LogP contribution in [0.2, 0.25) is 0 Å². The van der Waals surface area contributed by atoms with E-state index in [0.29, 0.717) is 6.42 Å². The summed E-state index contributed by atoms with van der Waals surface area (Å²) >= 11 is 0. The summed E-state index contributed by atoms with van der Waals surface area (Å²) in [6, 6.07) is 11.8. The Bertz CT molecular complexity index is 1510. The quantitative estimate of drug-likeness (QED) is 0.184. The second kappa shape index (κ2) is 13.5. The molecule has 2 aromatic carbocycles. The van der Waals surface area contributed by atoms with Gasteiger partial charge < -0.3 is 30.2 Å². The Morgan fingerprint density at radius 3 is 2.50 bits per heavy atom. The molecular weight excluding hydrogens is 588 g/mol. The van der Waals surface area contributed by atoms with Crippen molar-refractivity contribution >= 4 is 40.9 Å². The Morgan fingerprint density at radius 2 is 1.83 bits per heavy atom. The third-order valence-corrected chi connectivity index (χ3v) is 9.27. The molecule has 2 saturated carbocycles. The van der Waals surface area contributed by atoms with Crippen molar-refractivity contribution in [1.82, 2.24) is 15.5 Å². The summed E-state index contributed by atoms with van der Waals surface area (Å²) in [5, 5.41) is 21.8. The van der Waals surface area contributed by atoms with Crippen LogP contribution in [0.25, 0.3) is 10.8 Å². The largest absolute Gasteiger partial charge is 0.479 e. The van der Waals surface area contributed by atoms with Gasteiger partial charge in [-0.2, -0.15) is 0 Å². The zero-order valence-corrected chi connectivity index (χ0v) is 26.7. The van der Waals surface area contributed by atoms with Gasteiger partial charge in [0.2, 0.25) is 11.8 Å². The van der Waals surface area contributed by atoms with Crippen molar-refractivity contribution in [3.63, 3.8) is 0 Å². The van der Waals surface area contributed by atoms with Gasteiger partial charge in [0.25, 0.3) is 0 Å². The van der Waals surface area contributed by atoms with E-state index < -0.39 is 53.0 Å². The number of ether oxygens (including phenoxy) is 1. The lowest BCUT2D eigenvalue weighted by molar-refractivity contribution is -0.146. The van der Waals surface area contributed by atoms with Crippen molar-refractivity contribution in [2.75, 3.05) is 6.54 Å². The lowest BCUT2D eigenvalue weighted by Gasteiger charge is -2.35. The summed E-state index contributed by atoms with van der Waals surface area (Å²) in [6.45, 7) is 9.18. The van der Waals surface area contributed by atoms with E-state index in [-0.39, 0.29) is 31.4 Å². The van der Waals surface area contributed by atoms with Gasteiger partial charge in [-0.15, -0.1) is 6.58 Å². The number of oxime groups is 1. The molecule has 5 rings (SSSR count). The normalized spacial score (nSPS) is 25.3. The first-order chi connectivity index (χ1) is 21.9. The third kappa shape index (κ3) is 7.35. The number of hydrogen-bond acceptors (Lipinski definition) is 7. The smallest absolute Gasteiger partial charge is 0.408 e. The number of carboxylic acids is 1. The number of benzene rings is 2. The predicted octanol–water partition coefficient (Wildman–Crippen LogP) is 4.78. The number of nitrogens with one attached hydrogen (secondary N) is 2. The Kier molecular flexibility index (Phi) is 9.69. The first-order valence-electron chi connectivity index (χ1n) is 16.0. The maximum atomic E-state index is 14.2. The fourth-order valence-corrected chi connectivity index (χ4v) is 6.54. The minimum Gasteiger partial charge on any atom is -0.479 e. The lowest BCUT2D eigenvalue weighted by atomic mass is 9.85. The Morgan fingerprint density at radius 1 is 1.11 bits per heavy atom. The molecule has 11 heteroatoms. The molecule has 3 fully saturated rings. The molecule has 46 heavy (non-hydrogen) atoms. The monoisotopic (exact) mass is 632 g/mol. The highest BCUT2D eigenvalue weighted by molar-refractivity contribution is 5.96. The van der Waals surface area contributed by atoms with E-state index in [2.05, 4.69) is 22.4 Å². The molecule has 5 atom stereocenters. The van der Waals surface area contributed by atoms with Gasteiger partial charge in [-0.1, -0.05) is 68.4 Å². The van der Waals surface area contributed by atoms with Gasteiger partial charge in [0.05, 0.1) is 12.8 Å². The molecule has 2 aliphatic carbocycles. The number of likely N-dealkylation sites (tertiary alicyclic amines) is 1. The molecule has 0 radical (unpaired) electrons. The Labute approximate surface area is 269 Å². The SMILES string of the molecule is C=CC[C@@H]1C[C@]1(NC(=O)[C@@H]1C[C@@H](O/N=C/c2ccc3ccccc3c2)CN1C(=O)[C@@H](NC(=O)OC1CCCC1)C(C)(C)C)C(=O)O. The topological polar surface area (TPSA) is 147 Å². The van der Waals surface area contributed by atoms with Gasteiger partial charge in [-0.3, -0.25) is 9.59 Å². The molecule has 2 aromatic rings. The van der Waals surface area contributed by atoms with E-state index in [1.54, 1.807) is 12.3 Å². The van der Waals surface area contributed by atoms with Gasteiger partial charge in [-0.25, -0.2) is 9.59 Å². The van der Waals surface area contributed by atoms with E-state index in [1.165, 1.54) is 4.90 Å². The Hall–Kier alpha value is -4.41. The second-order valence-corrected chi connectivity index (χ2v) is 13.8. The van der Waals surface area contributed by atoms with Gasteiger partial charge >= 0.3 is 12.1 Å².